The van der Waals surface area contributed by atoms with Crippen LogP contribution in [0.15, 0.2) is 18.2 Å². The lowest BCUT2D eigenvalue weighted by atomic mass is 9.95. The molecule has 2 saturated heterocycles. The average Bonchev–Trinajstić information content (AvgIpc) is 2.69. The van der Waals surface area contributed by atoms with Gasteiger partial charge < -0.3 is 10.1 Å². The highest BCUT2D eigenvalue weighted by Crippen LogP contribution is 2.25. The smallest absolute Gasteiger partial charge is 0.223 e. The van der Waals surface area contributed by atoms with E-state index in [0.29, 0.717) is 10.0 Å². The Balaban J connectivity index is 1.32. The van der Waals surface area contributed by atoms with E-state index in [0.717, 1.165) is 83.9 Å². The third kappa shape index (κ3) is 6.61. The summed E-state index contributed by atoms with van der Waals surface area (Å²) >= 11 is 12.1. The highest BCUT2D eigenvalue weighted by Gasteiger charge is 2.24. The molecular weight excluding hydrogens is 385 g/mol. The zero-order valence-electron chi connectivity index (χ0n) is 15.8. The van der Waals surface area contributed by atoms with Crippen molar-refractivity contribution in [1.29, 1.82) is 0 Å². The van der Waals surface area contributed by atoms with Crippen LogP contribution in [0, 0.1) is 5.92 Å². The average molecular weight is 414 g/mol. The Kier molecular flexibility index (Phi) is 8.22. The van der Waals surface area contributed by atoms with Gasteiger partial charge in [0.25, 0.3) is 0 Å². The molecule has 0 bridgehead atoms. The summed E-state index contributed by atoms with van der Waals surface area (Å²) in [6.45, 7) is 8.19. The molecule has 0 aromatic heterocycles. The molecule has 1 aromatic rings. The maximum Gasteiger partial charge on any atom is 0.223 e. The summed E-state index contributed by atoms with van der Waals surface area (Å²) in [7, 11) is 0. The second-order valence-corrected chi connectivity index (χ2v) is 8.21. The van der Waals surface area contributed by atoms with Crippen molar-refractivity contribution in [3.63, 3.8) is 0 Å². The van der Waals surface area contributed by atoms with Crippen LogP contribution in [0.2, 0.25) is 10.0 Å². The van der Waals surface area contributed by atoms with E-state index in [9.17, 15) is 4.79 Å². The molecule has 150 valence electrons. The number of morpholine rings is 1. The maximum atomic E-state index is 12.4. The molecule has 1 amide bonds. The second kappa shape index (κ2) is 10.6. The first-order chi connectivity index (χ1) is 13.1. The molecule has 7 heteroatoms. The van der Waals surface area contributed by atoms with Crippen molar-refractivity contribution in [1.82, 2.24) is 15.1 Å². The third-order valence-corrected chi connectivity index (χ3v) is 6.14. The van der Waals surface area contributed by atoms with E-state index in [2.05, 4.69) is 15.1 Å². The fourth-order valence-corrected chi connectivity index (χ4v) is 4.05. The Morgan fingerprint density at radius 1 is 1.07 bits per heavy atom. The van der Waals surface area contributed by atoms with Crippen LogP contribution in [0.25, 0.3) is 0 Å². The van der Waals surface area contributed by atoms with Crippen LogP contribution in [-0.4, -0.2) is 68.2 Å². The highest BCUT2D eigenvalue weighted by molar-refractivity contribution is 6.42. The fraction of sp³-hybridized carbons (Fsp3) is 0.650. The molecule has 0 spiro atoms. The van der Waals surface area contributed by atoms with Crippen LogP contribution in [-0.2, 0) is 16.1 Å². The fourth-order valence-electron chi connectivity index (χ4n) is 3.73. The van der Waals surface area contributed by atoms with Crippen molar-refractivity contribution in [3.8, 4) is 0 Å². The van der Waals surface area contributed by atoms with Crippen molar-refractivity contribution in [2.24, 2.45) is 5.92 Å². The Hall–Kier alpha value is -0.850. The summed E-state index contributed by atoms with van der Waals surface area (Å²) in [5, 5.41) is 4.31. The first-order valence-electron chi connectivity index (χ1n) is 9.86. The first kappa shape index (κ1) is 20.9. The molecule has 3 rings (SSSR count). The predicted molar refractivity (Wildman–Crippen MR) is 109 cm³/mol. The number of hydrogen-bond acceptors (Lipinski definition) is 4. The number of amides is 1. The number of piperidine rings is 1. The van der Waals surface area contributed by atoms with E-state index in [4.69, 9.17) is 27.9 Å². The van der Waals surface area contributed by atoms with Gasteiger partial charge in [-0.25, -0.2) is 0 Å². The van der Waals surface area contributed by atoms with Gasteiger partial charge in [0.05, 0.1) is 23.3 Å². The number of carbonyl (C=O) groups is 1. The van der Waals surface area contributed by atoms with Gasteiger partial charge in [0.1, 0.15) is 0 Å². The van der Waals surface area contributed by atoms with Gasteiger partial charge >= 0.3 is 0 Å². The molecule has 2 fully saturated rings. The Morgan fingerprint density at radius 2 is 1.81 bits per heavy atom. The summed E-state index contributed by atoms with van der Waals surface area (Å²) in [5.41, 5.74) is 1.16. The molecule has 0 unspecified atom stereocenters. The molecule has 0 aliphatic carbocycles. The number of carbonyl (C=O) groups excluding carboxylic acids is 1. The number of nitrogens with zero attached hydrogens (tertiary/aromatic N) is 2. The lowest BCUT2D eigenvalue weighted by Gasteiger charge is -2.31. The highest BCUT2D eigenvalue weighted by atomic mass is 35.5. The van der Waals surface area contributed by atoms with Gasteiger partial charge in [-0.15, -0.1) is 0 Å². The Labute approximate surface area is 171 Å². The Morgan fingerprint density at radius 3 is 2.52 bits per heavy atom. The number of ether oxygens (including phenoxy) is 1. The van der Waals surface area contributed by atoms with Crippen molar-refractivity contribution in [2.45, 2.75) is 25.8 Å². The molecule has 0 atom stereocenters. The molecule has 2 heterocycles. The summed E-state index contributed by atoms with van der Waals surface area (Å²) in [6.07, 6.45) is 2.83. The Bertz CT molecular complexity index is 615. The van der Waals surface area contributed by atoms with E-state index < -0.39 is 0 Å². The van der Waals surface area contributed by atoms with Gasteiger partial charge in [-0.3, -0.25) is 14.6 Å². The van der Waals surface area contributed by atoms with E-state index in [-0.39, 0.29) is 11.8 Å². The zero-order chi connectivity index (χ0) is 19.1. The largest absolute Gasteiger partial charge is 0.379 e. The van der Waals surface area contributed by atoms with Crippen molar-refractivity contribution in [3.05, 3.63) is 33.8 Å². The topological polar surface area (TPSA) is 44.8 Å². The van der Waals surface area contributed by atoms with Crippen LogP contribution in [0.4, 0.5) is 0 Å². The zero-order valence-corrected chi connectivity index (χ0v) is 17.3. The maximum absolute atomic E-state index is 12.4. The third-order valence-electron chi connectivity index (χ3n) is 5.40. The van der Waals surface area contributed by atoms with Crippen molar-refractivity contribution >= 4 is 29.1 Å². The van der Waals surface area contributed by atoms with Crippen molar-refractivity contribution in [2.75, 3.05) is 52.5 Å². The number of benzene rings is 1. The monoisotopic (exact) mass is 413 g/mol. The molecule has 1 aromatic carbocycles. The molecule has 0 saturated carbocycles. The van der Waals surface area contributed by atoms with Gasteiger partial charge in [0.15, 0.2) is 0 Å². The van der Waals surface area contributed by atoms with E-state index in [1.54, 1.807) is 0 Å². The molecule has 0 radical (unpaired) electrons. The number of halogens is 2. The first-order valence-corrected chi connectivity index (χ1v) is 10.6. The lowest BCUT2D eigenvalue weighted by Crippen LogP contribution is -2.41. The van der Waals surface area contributed by atoms with Gasteiger partial charge in [0, 0.05) is 32.1 Å². The minimum absolute atomic E-state index is 0.137. The minimum atomic E-state index is 0.137. The summed E-state index contributed by atoms with van der Waals surface area (Å²) in [5.74, 6) is 0.351. The molecule has 1 N–H and O–H groups in total. The molecule has 27 heavy (non-hydrogen) atoms. The van der Waals surface area contributed by atoms with E-state index in [1.165, 1.54) is 0 Å². The molecule has 2 aliphatic heterocycles. The van der Waals surface area contributed by atoms with Crippen LogP contribution in [0.1, 0.15) is 24.8 Å². The second-order valence-electron chi connectivity index (χ2n) is 7.40. The predicted octanol–water partition coefficient (Wildman–Crippen LogP) is 3.04. The van der Waals surface area contributed by atoms with Crippen LogP contribution >= 0.6 is 23.2 Å². The number of hydrogen-bond donors (Lipinski definition) is 1. The van der Waals surface area contributed by atoms with Crippen LogP contribution in [0.5, 0.6) is 0 Å². The molecule has 2 aliphatic rings. The van der Waals surface area contributed by atoms with Crippen molar-refractivity contribution < 1.29 is 9.53 Å². The standard InChI is InChI=1S/C20H29Cl2N3O2/c21-18-3-2-16(14-19(18)22)15-25-8-4-17(5-9-25)20(26)23-6-1-7-24-10-12-27-13-11-24/h2-3,14,17H,1,4-13,15H2,(H,23,26). The van der Waals surface area contributed by atoms with E-state index >= 15 is 0 Å². The minimum Gasteiger partial charge on any atom is -0.379 e. The van der Waals surface area contributed by atoms with E-state index in [1.807, 2.05) is 18.2 Å². The summed E-state index contributed by atoms with van der Waals surface area (Å²) in [4.78, 5) is 17.2. The van der Waals surface area contributed by atoms with Gasteiger partial charge in [-0.05, 0) is 56.6 Å². The molecular formula is C20H29Cl2N3O2. The van der Waals surface area contributed by atoms with Crippen LogP contribution < -0.4 is 5.32 Å². The number of nitrogens with one attached hydrogen (secondary N) is 1. The summed E-state index contributed by atoms with van der Waals surface area (Å²) < 4.78 is 5.35. The van der Waals surface area contributed by atoms with Gasteiger partial charge in [-0.1, -0.05) is 29.3 Å². The summed E-state index contributed by atoms with van der Waals surface area (Å²) in [6, 6.07) is 5.79. The SMILES string of the molecule is O=C(NCCCN1CCOCC1)C1CCN(Cc2ccc(Cl)c(Cl)c2)CC1. The van der Waals surface area contributed by atoms with Gasteiger partial charge in [0.2, 0.25) is 5.91 Å². The lowest BCUT2D eigenvalue weighted by molar-refractivity contribution is -0.126. The molecule has 5 nitrogen and oxygen atoms in total. The quantitative estimate of drug-likeness (QED) is 0.697. The number of rotatable bonds is 7. The number of likely N-dealkylation sites (tertiary alicyclic amines) is 1. The van der Waals surface area contributed by atoms with Gasteiger partial charge in [-0.2, -0.15) is 0 Å². The normalized spacial score (nSPS) is 19.9. The van der Waals surface area contributed by atoms with Crippen LogP contribution in [0.3, 0.4) is 0 Å².